The van der Waals surface area contributed by atoms with Gasteiger partial charge in [0.2, 0.25) is 0 Å². The predicted molar refractivity (Wildman–Crippen MR) is 81.4 cm³/mol. The fourth-order valence-electron chi connectivity index (χ4n) is 2.91. The highest BCUT2D eigenvalue weighted by atomic mass is 16.5. The molecule has 1 atom stereocenters. The van der Waals surface area contributed by atoms with Crippen molar-refractivity contribution in [3.8, 4) is 11.5 Å². The number of hydrogen-bond acceptors (Lipinski definition) is 4. The van der Waals surface area contributed by atoms with Gasteiger partial charge < -0.3 is 15.2 Å². The van der Waals surface area contributed by atoms with Crippen molar-refractivity contribution in [2.45, 2.75) is 38.3 Å². The van der Waals surface area contributed by atoms with Crippen molar-refractivity contribution in [2.24, 2.45) is 5.73 Å². The van der Waals surface area contributed by atoms with Gasteiger partial charge >= 0.3 is 0 Å². The lowest BCUT2D eigenvalue weighted by molar-refractivity contribution is 0.124. The Morgan fingerprint density at radius 2 is 1.55 bits per heavy atom. The summed E-state index contributed by atoms with van der Waals surface area (Å²) >= 11 is 0. The highest BCUT2D eigenvalue weighted by Gasteiger charge is 2.35. The lowest BCUT2D eigenvalue weighted by Crippen LogP contribution is -2.49. The molecule has 4 nitrogen and oxygen atoms in total. The minimum absolute atomic E-state index is 0.0755. The molecule has 0 saturated carbocycles. The van der Waals surface area contributed by atoms with Gasteiger partial charge in [-0.05, 0) is 57.5 Å². The molecule has 1 heterocycles. The molecule has 0 bridgehead atoms. The van der Waals surface area contributed by atoms with Crippen LogP contribution in [0.1, 0.15) is 38.3 Å². The fraction of sp³-hybridized carbons (Fsp3) is 0.625. The molecule has 1 saturated heterocycles. The molecule has 4 heteroatoms. The van der Waals surface area contributed by atoms with Crippen LogP contribution in [0.4, 0.5) is 0 Å². The van der Waals surface area contributed by atoms with E-state index in [1.54, 1.807) is 14.2 Å². The summed E-state index contributed by atoms with van der Waals surface area (Å²) < 4.78 is 10.7. The Labute approximate surface area is 121 Å². The van der Waals surface area contributed by atoms with Gasteiger partial charge in [-0.3, -0.25) is 4.90 Å². The Kier molecular flexibility index (Phi) is 4.55. The van der Waals surface area contributed by atoms with E-state index in [4.69, 9.17) is 15.2 Å². The minimum Gasteiger partial charge on any atom is -0.497 e. The number of ether oxygens (including phenoxy) is 2. The van der Waals surface area contributed by atoms with E-state index < -0.39 is 0 Å². The largest absolute Gasteiger partial charge is 0.497 e. The molecule has 1 aliphatic heterocycles. The Morgan fingerprint density at radius 3 is 2.00 bits per heavy atom. The van der Waals surface area contributed by atoms with Gasteiger partial charge in [0.15, 0.2) is 0 Å². The third-order valence-corrected chi connectivity index (χ3v) is 4.42. The molecule has 112 valence electrons. The fourth-order valence-corrected chi connectivity index (χ4v) is 2.91. The molecule has 0 amide bonds. The summed E-state index contributed by atoms with van der Waals surface area (Å²) in [7, 11) is 3.32. The van der Waals surface area contributed by atoms with Gasteiger partial charge in [-0.15, -0.1) is 0 Å². The van der Waals surface area contributed by atoms with Gasteiger partial charge in [0.1, 0.15) is 11.5 Å². The van der Waals surface area contributed by atoms with Crippen molar-refractivity contribution in [1.29, 1.82) is 0 Å². The maximum Gasteiger partial charge on any atom is 0.122 e. The molecular weight excluding hydrogens is 252 g/mol. The van der Waals surface area contributed by atoms with Crippen LogP contribution >= 0.6 is 0 Å². The zero-order valence-corrected chi connectivity index (χ0v) is 13.0. The van der Waals surface area contributed by atoms with Crippen LogP contribution in [0.5, 0.6) is 11.5 Å². The average molecular weight is 278 g/mol. The first-order chi connectivity index (χ1) is 9.48. The normalized spacial score (nSPS) is 18.1. The highest BCUT2D eigenvalue weighted by Crippen LogP contribution is 2.35. The Hall–Kier alpha value is -1.26. The van der Waals surface area contributed by atoms with Crippen LogP contribution in [0, 0.1) is 0 Å². The number of methoxy groups -OCH3 is 2. The van der Waals surface area contributed by atoms with Crippen LogP contribution in [0.2, 0.25) is 0 Å². The maximum atomic E-state index is 6.55. The molecule has 1 unspecified atom stereocenters. The third kappa shape index (κ3) is 2.91. The third-order valence-electron chi connectivity index (χ3n) is 4.42. The predicted octanol–water partition coefficient (Wildman–Crippen LogP) is 2.58. The smallest absolute Gasteiger partial charge is 0.122 e. The summed E-state index contributed by atoms with van der Waals surface area (Å²) in [6.45, 7) is 6.69. The van der Waals surface area contributed by atoms with Crippen LogP contribution in [-0.2, 0) is 0 Å². The highest BCUT2D eigenvalue weighted by molar-refractivity contribution is 5.40. The number of hydrogen-bond donors (Lipinski definition) is 1. The molecule has 0 aromatic heterocycles. The van der Waals surface area contributed by atoms with Crippen LogP contribution in [0.25, 0.3) is 0 Å². The van der Waals surface area contributed by atoms with Crippen molar-refractivity contribution >= 4 is 0 Å². The van der Waals surface area contributed by atoms with E-state index in [0.29, 0.717) is 0 Å². The molecule has 0 aliphatic carbocycles. The quantitative estimate of drug-likeness (QED) is 0.899. The van der Waals surface area contributed by atoms with Gasteiger partial charge in [-0.1, -0.05) is 0 Å². The van der Waals surface area contributed by atoms with Gasteiger partial charge in [-0.25, -0.2) is 0 Å². The topological polar surface area (TPSA) is 47.7 Å². The Bertz CT molecular complexity index is 432. The van der Waals surface area contributed by atoms with E-state index in [0.717, 1.165) is 30.2 Å². The standard InChI is InChI=1S/C16H26N2O2/c1-16(2,18-7-5-6-8-18)15(17)12-9-13(19-3)11-14(10-12)20-4/h9-11,15H,5-8,17H2,1-4H3. The van der Waals surface area contributed by atoms with Crippen molar-refractivity contribution in [3.05, 3.63) is 23.8 Å². The van der Waals surface area contributed by atoms with Crippen molar-refractivity contribution in [1.82, 2.24) is 4.90 Å². The van der Waals surface area contributed by atoms with E-state index in [2.05, 4.69) is 18.7 Å². The average Bonchev–Trinajstić information content (AvgIpc) is 3.00. The molecule has 0 spiro atoms. The van der Waals surface area contributed by atoms with E-state index in [9.17, 15) is 0 Å². The summed E-state index contributed by atoms with van der Waals surface area (Å²) in [6, 6.07) is 5.80. The van der Waals surface area contributed by atoms with E-state index >= 15 is 0 Å². The molecule has 0 radical (unpaired) electrons. The Balaban J connectivity index is 2.29. The monoisotopic (exact) mass is 278 g/mol. The number of benzene rings is 1. The van der Waals surface area contributed by atoms with Gasteiger partial charge in [0, 0.05) is 17.6 Å². The van der Waals surface area contributed by atoms with Crippen molar-refractivity contribution < 1.29 is 9.47 Å². The number of rotatable bonds is 5. The first-order valence-corrected chi connectivity index (χ1v) is 7.22. The maximum absolute atomic E-state index is 6.55. The lowest BCUT2D eigenvalue weighted by atomic mass is 9.87. The summed E-state index contributed by atoms with van der Waals surface area (Å²) in [5.41, 5.74) is 7.53. The zero-order valence-electron chi connectivity index (χ0n) is 13.0. The molecule has 20 heavy (non-hydrogen) atoms. The van der Waals surface area contributed by atoms with Gasteiger partial charge in [0.05, 0.1) is 14.2 Å². The van der Waals surface area contributed by atoms with Crippen LogP contribution in [-0.4, -0.2) is 37.7 Å². The molecular formula is C16H26N2O2. The Morgan fingerprint density at radius 1 is 1.05 bits per heavy atom. The zero-order chi connectivity index (χ0) is 14.8. The van der Waals surface area contributed by atoms with Crippen LogP contribution in [0.15, 0.2) is 18.2 Å². The minimum atomic E-state index is -0.0791. The van der Waals surface area contributed by atoms with Crippen LogP contribution in [0.3, 0.4) is 0 Å². The first-order valence-electron chi connectivity index (χ1n) is 7.22. The molecule has 2 N–H and O–H groups in total. The molecule has 1 aromatic carbocycles. The van der Waals surface area contributed by atoms with Crippen LogP contribution < -0.4 is 15.2 Å². The van der Waals surface area contributed by atoms with Crippen molar-refractivity contribution in [3.63, 3.8) is 0 Å². The summed E-state index contributed by atoms with van der Waals surface area (Å²) in [5, 5.41) is 0. The van der Waals surface area contributed by atoms with E-state index in [1.165, 1.54) is 12.8 Å². The van der Waals surface area contributed by atoms with Crippen molar-refractivity contribution in [2.75, 3.05) is 27.3 Å². The number of nitrogens with zero attached hydrogens (tertiary/aromatic N) is 1. The van der Waals surface area contributed by atoms with Gasteiger partial charge in [0.25, 0.3) is 0 Å². The molecule has 1 aromatic rings. The summed E-state index contributed by atoms with van der Waals surface area (Å²) in [4.78, 5) is 2.48. The van der Waals surface area contributed by atoms with E-state index in [-0.39, 0.29) is 11.6 Å². The first kappa shape index (κ1) is 15.1. The second-order valence-corrected chi connectivity index (χ2v) is 5.97. The number of nitrogens with two attached hydrogens (primary N) is 1. The van der Waals surface area contributed by atoms with Gasteiger partial charge in [-0.2, -0.15) is 0 Å². The second kappa shape index (κ2) is 6.02. The summed E-state index contributed by atoms with van der Waals surface area (Å²) in [5.74, 6) is 1.57. The second-order valence-electron chi connectivity index (χ2n) is 5.97. The molecule has 1 fully saturated rings. The summed E-state index contributed by atoms with van der Waals surface area (Å²) in [6.07, 6.45) is 2.52. The molecule has 2 rings (SSSR count). The number of likely N-dealkylation sites (tertiary alicyclic amines) is 1. The lowest BCUT2D eigenvalue weighted by Gasteiger charge is -2.40. The molecule has 1 aliphatic rings. The van der Waals surface area contributed by atoms with E-state index in [1.807, 2.05) is 18.2 Å². The SMILES string of the molecule is COc1cc(OC)cc(C(N)C(C)(C)N2CCCC2)c1.